The van der Waals surface area contributed by atoms with E-state index in [0.717, 1.165) is 6.20 Å². The fraction of sp³-hybridized carbons (Fsp3) is 0. The van der Waals surface area contributed by atoms with Crippen LogP contribution in [0.2, 0.25) is 0 Å². The molecule has 0 saturated carbocycles. The molecule has 13 heavy (non-hydrogen) atoms. The second-order valence-corrected chi connectivity index (χ2v) is 4.10. The van der Waals surface area contributed by atoms with E-state index in [0.29, 0.717) is 0 Å². The summed E-state index contributed by atoms with van der Waals surface area (Å²) in [6.07, 6.45) is 2.40. The van der Waals surface area contributed by atoms with E-state index in [-0.39, 0.29) is 10.1 Å². The number of aromatic nitrogens is 2. The Hall–Kier alpha value is -1.19. The normalized spacial score (nSPS) is 11.1. The maximum Gasteiger partial charge on any atom is 0.274 e. The van der Waals surface area contributed by atoms with Crippen LogP contribution in [0.4, 0.5) is 0 Å². The minimum atomic E-state index is -3.66. The van der Waals surface area contributed by atoms with E-state index >= 15 is 0 Å². The first-order valence-corrected chi connectivity index (χ1v) is 4.97. The Balaban J connectivity index is 2.74. The smallest absolute Gasteiger partial charge is 0.274 e. The summed E-state index contributed by atoms with van der Waals surface area (Å²) >= 11 is 4.41. The molecule has 72 valence electrons. The molecule has 0 aliphatic rings. The number of H-pyrrole nitrogens is 1. The minimum Gasteiger partial charge on any atom is -0.375 e. The van der Waals surface area contributed by atoms with Crippen molar-refractivity contribution in [1.29, 1.82) is 0 Å². The van der Waals surface area contributed by atoms with Crippen molar-refractivity contribution in [3.8, 4) is 0 Å². The Kier molecular flexibility index (Phi) is 2.80. The van der Waals surface area contributed by atoms with E-state index < -0.39 is 10.0 Å². The summed E-state index contributed by atoms with van der Waals surface area (Å²) in [5.41, 5.74) is 7.12. The third-order valence-corrected chi connectivity index (χ3v) is 2.35. The number of hydrogen-bond donors (Lipinski definition) is 4. The van der Waals surface area contributed by atoms with E-state index in [1.165, 1.54) is 6.33 Å². The Labute approximate surface area is 79.8 Å². The number of rotatable bonds is 3. The van der Waals surface area contributed by atoms with Crippen molar-refractivity contribution in [2.45, 2.75) is 5.03 Å². The molecule has 0 aromatic carbocycles. The van der Waals surface area contributed by atoms with Gasteiger partial charge in [0.2, 0.25) is 0 Å². The third-order valence-electron chi connectivity index (χ3n) is 1.07. The molecule has 0 amide bonds. The van der Waals surface area contributed by atoms with Crippen molar-refractivity contribution in [3.05, 3.63) is 12.5 Å². The highest BCUT2D eigenvalue weighted by Gasteiger charge is 2.14. The molecule has 1 rings (SSSR count). The van der Waals surface area contributed by atoms with Gasteiger partial charge in [-0.2, -0.15) is 0 Å². The highest BCUT2D eigenvalue weighted by atomic mass is 32.2. The van der Waals surface area contributed by atoms with Crippen molar-refractivity contribution >= 4 is 27.4 Å². The summed E-state index contributed by atoms with van der Waals surface area (Å²) < 4.78 is 22.5. The van der Waals surface area contributed by atoms with Crippen LogP contribution in [0.5, 0.6) is 0 Å². The van der Waals surface area contributed by atoms with Crippen molar-refractivity contribution < 1.29 is 8.42 Å². The molecule has 0 radical (unpaired) electrons. The highest BCUT2D eigenvalue weighted by Crippen LogP contribution is 1.99. The number of sulfonamides is 1. The first-order chi connectivity index (χ1) is 6.02. The van der Waals surface area contributed by atoms with E-state index in [1.807, 2.05) is 4.83 Å². The van der Waals surface area contributed by atoms with E-state index in [1.54, 1.807) is 0 Å². The van der Waals surface area contributed by atoms with Crippen LogP contribution in [-0.4, -0.2) is 23.5 Å². The van der Waals surface area contributed by atoms with Gasteiger partial charge in [-0.15, -0.1) is 4.83 Å². The van der Waals surface area contributed by atoms with E-state index in [4.69, 9.17) is 5.73 Å². The Morgan fingerprint density at radius 2 is 2.38 bits per heavy atom. The van der Waals surface area contributed by atoms with E-state index in [2.05, 4.69) is 27.6 Å². The van der Waals surface area contributed by atoms with Gasteiger partial charge in [-0.1, -0.05) is 0 Å². The summed E-state index contributed by atoms with van der Waals surface area (Å²) in [6, 6.07) is 0. The number of hydrazine groups is 1. The van der Waals surface area contributed by atoms with Crippen LogP contribution in [-0.2, 0) is 10.0 Å². The van der Waals surface area contributed by atoms with Gasteiger partial charge in [0, 0.05) is 0 Å². The van der Waals surface area contributed by atoms with Crippen LogP contribution in [0.1, 0.15) is 0 Å². The number of imidazole rings is 1. The fourth-order valence-corrected chi connectivity index (χ4v) is 1.44. The van der Waals surface area contributed by atoms with Gasteiger partial charge in [-0.25, -0.2) is 13.4 Å². The molecule has 1 aromatic rings. The predicted octanol–water partition coefficient (Wildman–Crippen LogP) is -1.56. The molecular formula is C4H7N5O2S2. The molecule has 5 N–H and O–H groups in total. The standard InChI is InChI=1S/C4H7N5O2S2/c5-4(12)8-9-13(10,11)3-1-6-2-7-3/h1-2,9H,(H,6,7)(H3,5,8,12). The van der Waals surface area contributed by atoms with Crippen molar-refractivity contribution in [1.82, 2.24) is 20.2 Å². The average molecular weight is 221 g/mol. The number of nitrogens with zero attached hydrogens (tertiary/aromatic N) is 1. The van der Waals surface area contributed by atoms with Gasteiger partial charge < -0.3 is 10.7 Å². The molecule has 0 aliphatic heterocycles. The molecule has 1 heterocycles. The predicted molar refractivity (Wildman–Crippen MR) is 48.8 cm³/mol. The van der Waals surface area contributed by atoms with Crippen molar-refractivity contribution in [3.63, 3.8) is 0 Å². The van der Waals surface area contributed by atoms with Gasteiger partial charge in [0.25, 0.3) is 10.0 Å². The lowest BCUT2D eigenvalue weighted by molar-refractivity contribution is 0.574. The SMILES string of the molecule is NC(=S)NNS(=O)(=O)c1cnc[nH]1. The lowest BCUT2D eigenvalue weighted by atomic mass is 11.0. The average Bonchev–Trinajstić information content (AvgIpc) is 2.53. The number of nitrogens with two attached hydrogens (primary N) is 1. The quantitative estimate of drug-likeness (QED) is 0.362. The maximum absolute atomic E-state index is 11.2. The summed E-state index contributed by atoms with van der Waals surface area (Å²) in [4.78, 5) is 7.91. The topological polar surface area (TPSA) is 113 Å². The first-order valence-electron chi connectivity index (χ1n) is 3.08. The van der Waals surface area contributed by atoms with Gasteiger partial charge in [0.15, 0.2) is 10.1 Å². The zero-order valence-electron chi connectivity index (χ0n) is 6.31. The van der Waals surface area contributed by atoms with Crippen LogP contribution < -0.4 is 16.0 Å². The highest BCUT2D eigenvalue weighted by molar-refractivity contribution is 7.89. The fourth-order valence-electron chi connectivity index (χ4n) is 0.563. The van der Waals surface area contributed by atoms with Crippen LogP contribution in [0.3, 0.4) is 0 Å². The van der Waals surface area contributed by atoms with Gasteiger partial charge in [0.1, 0.15) is 0 Å². The molecule has 0 fully saturated rings. The molecule has 0 bridgehead atoms. The van der Waals surface area contributed by atoms with Gasteiger partial charge in [-0.05, 0) is 12.2 Å². The molecule has 0 unspecified atom stereocenters. The maximum atomic E-state index is 11.2. The molecule has 7 nitrogen and oxygen atoms in total. The molecule has 0 aliphatic carbocycles. The number of thiocarbonyl (C=S) groups is 1. The molecule has 1 aromatic heterocycles. The molecule has 0 spiro atoms. The Morgan fingerprint density at radius 3 is 2.85 bits per heavy atom. The molecule has 9 heteroatoms. The Bertz CT molecular complexity index is 383. The summed E-state index contributed by atoms with van der Waals surface area (Å²) in [5, 5.41) is -0.237. The van der Waals surface area contributed by atoms with Crippen molar-refractivity contribution in [2.24, 2.45) is 5.73 Å². The zero-order chi connectivity index (χ0) is 9.90. The van der Waals surface area contributed by atoms with Crippen LogP contribution in [0.15, 0.2) is 17.6 Å². The van der Waals surface area contributed by atoms with Crippen LogP contribution in [0.25, 0.3) is 0 Å². The number of aromatic amines is 1. The second kappa shape index (κ2) is 3.68. The van der Waals surface area contributed by atoms with Crippen LogP contribution >= 0.6 is 12.2 Å². The second-order valence-electron chi connectivity index (χ2n) is 2.01. The van der Waals surface area contributed by atoms with Gasteiger partial charge in [0.05, 0.1) is 12.5 Å². The molecule has 0 atom stereocenters. The summed E-state index contributed by atoms with van der Waals surface area (Å²) in [6.45, 7) is 0. The molecule has 0 saturated heterocycles. The molecular weight excluding hydrogens is 214 g/mol. The largest absolute Gasteiger partial charge is 0.375 e. The van der Waals surface area contributed by atoms with Gasteiger partial charge in [-0.3, -0.25) is 5.43 Å². The lowest BCUT2D eigenvalue weighted by Gasteiger charge is -2.04. The summed E-state index contributed by atoms with van der Waals surface area (Å²) in [5.74, 6) is 0. The van der Waals surface area contributed by atoms with E-state index in [9.17, 15) is 8.42 Å². The lowest BCUT2D eigenvalue weighted by Crippen LogP contribution is -2.44. The first kappa shape index (κ1) is 9.89. The number of hydrogen-bond acceptors (Lipinski definition) is 4. The van der Waals surface area contributed by atoms with Crippen LogP contribution in [0, 0.1) is 0 Å². The minimum absolute atomic E-state index is 0.0729. The van der Waals surface area contributed by atoms with Gasteiger partial charge >= 0.3 is 0 Å². The zero-order valence-corrected chi connectivity index (χ0v) is 7.95. The Morgan fingerprint density at radius 1 is 1.69 bits per heavy atom. The summed E-state index contributed by atoms with van der Waals surface area (Å²) in [7, 11) is -3.66. The van der Waals surface area contributed by atoms with Crippen molar-refractivity contribution in [2.75, 3.05) is 0 Å². The number of nitrogens with one attached hydrogen (secondary N) is 3. The third kappa shape index (κ3) is 2.65. The monoisotopic (exact) mass is 221 g/mol.